The Bertz CT molecular complexity index is 414. The predicted octanol–water partition coefficient (Wildman–Crippen LogP) is 5.41. The highest BCUT2D eigenvalue weighted by atomic mass is 19.4. The number of benzene rings is 1. The Kier molecular flexibility index (Phi) is 6.85. The summed E-state index contributed by atoms with van der Waals surface area (Å²) in [5, 5.41) is 3.00. The number of para-hydroxylation sites is 2. The van der Waals surface area contributed by atoms with Gasteiger partial charge < -0.3 is 10.2 Å². The van der Waals surface area contributed by atoms with Crippen molar-refractivity contribution in [2.75, 3.05) is 16.8 Å². The first-order chi connectivity index (χ1) is 9.89. The fourth-order valence-electron chi connectivity index (χ4n) is 2.27. The zero-order valence-corrected chi connectivity index (χ0v) is 13.0. The number of hydrogen-bond acceptors (Lipinski definition) is 2. The van der Waals surface area contributed by atoms with Gasteiger partial charge in [-0.3, -0.25) is 0 Å². The van der Waals surface area contributed by atoms with Crippen LogP contribution in [0.4, 0.5) is 24.5 Å². The van der Waals surface area contributed by atoms with Crippen LogP contribution in [0, 0.1) is 0 Å². The molecule has 120 valence electrons. The maximum Gasteiger partial charge on any atom is 0.405 e. The molecular weight excluding hydrogens is 277 g/mol. The van der Waals surface area contributed by atoms with Gasteiger partial charge in [0.1, 0.15) is 6.54 Å². The second kappa shape index (κ2) is 8.15. The summed E-state index contributed by atoms with van der Waals surface area (Å²) in [6, 6.07) is 7.01. The lowest BCUT2D eigenvalue weighted by Gasteiger charge is -2.24. The number of halogens is 3. The highest BCUT2D eigenvalue weighted by Crippen LogP contribution is 2.35. The lowest BCUT2D eigenvalue weighted by molar-refractivity contribution is -0.120. The Morgan fingerprint density at radius 3 is 2.19 bits per heavy atom. The van der Waals surface area contributed by atoms with Crippen LogP contribution in [0.15, 0.2) is 24.3 Å². The van der Waals surface area contributed by atoms with Gasteiger partial charge in [-0.2, -0.15) is 13.2 Å². The molecule has 1 heterocycles. The highest BCUT2D eigenvalue weighted by Gasteiger charge is 2.36. The minimum absolute atomic E-state index is 0.316. The maximum atomic E-state index is 12.3. The molecule has 0 radical (unpaired) electrons. The number of unbranched alkanes of at least 4 members (excludes halogenated alkanes) is 3. The van der Waals surface area contributed by atoms with Gasteiger partial charge in [0.25, 0.3) is 0 Å². The number of nitrogens with zero attached hydrogens (tertiary/aromatic N) is 1. The second-order valence-electron chi connectivity index (χ2n) is 5.29. The van der Waals surface area contributed by atoms with Gasteiger partial charge in [-0.1, -0.05) is 51.7 Å². The van der Waals surface area contributed by atoms with Gasteiger partial charge in [0.05, 0.1) is 17.5 Å². The number of alkyl halides is 3. The van der Waals surface area contributed by atoms with Gasteiger partial charge in [-0.25, -0.2) is 0 Å². The van der Waals surface area contributed by atoms with Crippen molar-refractivity contribution in [2.45, 2.75) is 58.8 Å². The molecule has 1 unspecified atom stereocenters. The Labute approximate surface area is 125 Å². The quantitative estimate of drug-likeness (QED) is 0.748. The number of rotatable bonds is 4. The van der Waals surface area contributed by atoms with E-state index < -0.39 is 12.7 Å². The van der Waals surface area contributed by atoms with E-state index in [4.69, 9.17) is 0 Å². The van der Waals surface area contributed by atoms with E-state index in [1.807, 2.05) is 0 Å². The van der Waals surface area contributed by atoms with Crippen LogP contribution in [0.1, 0.15) is 46.5 Å². The minimum Gasteiger partial charge on any atom is -0.364 e. The molecule has 21 heavy (non-hydrogen) atoms. The van der Waals surface area contributed by atoms with Crippen molar-refractivity contribution < 1.29 is 13.2 Å². The molecule has 2 nitrogen and oxygen atoms in total. The summed E-state index contributed by atoms with van der Waals surface area (Å²) < 4.78 is 36.9. The number of fused-ring (bicyclic) bond motifs is 1. The summed E-state index contributed by atoms with van der Waals surface area (Å²) >= 11 is 0. The molecule has 1 aromatic carbocycles. The van der Waals surface area contributed by atoms with E-state index in [0.717, 1.165) is 5.69 Å². The Balaban J connectivity index is 0.000000315. The molecule has 0 bridgehead atoms. The zero-order valence-electron chi connectivity index (χ0n) is 13.0. The first-order valence-electron chi connectivity index (χ1n) is 7.58. The molecule has 1 aliphatic heterocycles. The fourth-order valence-corrected chi connectivity index (χ4v) is 2.27. The van der Waals surface area contributed by atoms with E-state index in [0.29, 0.717) is 5.69 Å². The van der Waals surface area contributed by atoms with E-state index in [9.17, 15) is 13.2 Å². The lowest BCUT2D eigenvalue weighted by Crippen LogP contribution is -2.40. The molecule has 5 heteroatoms. The van der Waals surface area contributed by atoms with Gasteiger partial charge in [0.15, 0.2) is 0 Å². The summed E-state index contributed by atoms with van der Waals surface area (Å²) in [4.78, 5) is 1.31. The molecule has 0 saturated carbocycles. The second-order valence-corrected chi connectivity index (χ2v) is 5.29. The molecule has 0 aliphatic carbocycles. The fraction of sp³-hybridized carbons (Fsp3) is 0.625. The molecule has 1 N–H and O–H groups in total. The van der Waals surface area contributed by atoms with Crippen LogP contribution in [0.5, 0.6) is 0 Å². The van der Waals surface area contributed by atoms with Gasteiger partial charge in [0, 0.05) is 0 Å². The average molecular weight is 302 g/mol. The molecule has 0 saturated heterocycles. The smallest absolute Gasteiger partial charge is 0.364 e. The van der Waals surface area contributed by atoms with Crippen molar-refractivity contribution in [3.63, 3.8) is 0 Å². The molecule has 0 amide bonds. The first-order valence-corrected chi connectivity index (χ1v) is 7.58. The summed E-state index contributed by atoms with van der Waals surface area (Å²) in [6.07, 6.45) is 1.05. The van der Waals surface area contributed by atoms with Crippen molar-refractivity contribution in [3.05, 3.63) is 24.3 Å². The van der Waals surface area contributed by atoms with Crippen molar-refractivity contribution in [1.29, 1.82) is 0 Å². The predicted molar refractivity (Wildman–Crippen MR) is 82.7 cm³/mol. The van der Waals surface area contributed by atoms with E-state index in [-0.39, 0.29) is 6.17 Å². The third-order valence-electron chi connectivity index (χ3n) is 3.35. The molecule has 0 spiro atoms. The molecular formula is C16H25F3N2. The van der Waals surface area contributed by atoms with Crippen LogP contribution >= 0.6 is 0 Å². The molecule has 2 rings (SSSR count). The largest absolute Gasteiger partial charge is 0.405 e. The van der Waals surface area contributed by atoms with E-state index in [1.165, 1.54) is 30.6 Å². The monoisotopic (exact) mass is 302 g/mol. The molecule has 1 aromatic rings. The zero-order chi connectivity index (χ0) is 15.9. The Hall–Kier alpha value is -1.39. The van der Waals surface area contributed by atoms with Gasteiger partial charge in [-0.15, -0.1) is 0 Å². The molecule has 1 atom stereocenters. The van der Waals surface area contributed by atoms with Gasteiger partial charge in [-0.05, 0) is 19.1 Å². The summed E-state index contributed by atoms with van der Waals surface area (Å²) in [5.74, 6) is 0. The standard InChI is InChI=1S/C10H11F3N2.C6H14/c1-7-14-8-4-2-3-5-9(8)15(7)6-10(11,12)13;1-3-5-6-4-2/h2-5,7,14H,6H2,1H3;3-6H2,1-2H3. The first kappa shape index (κ1) is 17.7. The Morgan fingerprint density at radius 1 is 1.10 bits per heavy atom. The van der Waals surface area contributed by atoms with Crippen LogP contribution < -0.4 is 10.2 Å². The average Bonchev–Trinajstić information content (AvgIpc) is 2.72. The van der Waals surface area contributed by atoms with Crippen molar-refractivity contribution >= 4 is 11.4 Å². The van der Waals surface area contributed by atoms with Crippen molar-refractivity contribution in [2.24, 2.45) is 0 Å². The van der Waals surface area contributed by atoms with Crippen LogP contribution in [0.2, 0.25) is 0 Å². The highest BCUT2D eigenvalue weighted by molar-refractivity contribution is 5.75. The third-order valence-corrected chi connectivity index (χ3v) is 3.35. The summed E-state index contributed by atoms with van der Waals surface area (Å²) in [7, 11) is 0. The molecule has 0 fully saturated rings. The van der Waals surface area contributed by atoms with Gasteiger partial charge in [0.2, 0.25) is 0 Å². The Morgan fingerprint density at radius 2 is 1.67 bits per heavy atom. The molecule has 0 aromatic heterocycles. The minimum atomic E-state index is -4.17. The number of anilines is 2. The number of hydrogen-bond donors (Lipinski definition) is 1. The summed E-state index contributed by atoms with van der Waals surface area (Å²) in [5.41, 5.74) is 1.37. The van der Waals surface area contributed by atoms with E-state index in [2.05, 4.69) is 19.2 Å². The number of nitrogens with one attached hydrogen (secondary N) is 1. The lowest BCUT2D eigenvalue weighted by atomic mass is 10.2. The van der Waals surface area contributed by atoms with E-state index in [1.54, 1.807) is 31.2 Å². The van der Waals surface area contributed by atoms with Crippen LogP contribution in [0.3, 0.4) is 0 Å². The SMILES string of the molecule is CC1Nc2ccccc2N1CC(F)(F)F.CCCCCC. The van der Waals surface area contributed by atoms with Crippen LogP contribution in [-0.2, 0) is 0 Å². The van der Waals surface area contributed by atoms with Gasteiger partial charge >= 0.3 is 6.18 Å². The topological polar surface area (TPSA) is 15.3 Å². The van der Waals surface area contributed by atoms with Crippen molar-refractivity contribution in [1.82, 2.24) is 0 Å². The third kappa shape index (κ3) is 5.86. The maximum absolute atomic E-state index is 12.3. The normalized spacial score (nSPS) is 16.9. The summed E-state index contributed by atoms with van der Waals surface area (Å²) in [6.45, 7) is 5.26. The van der Waals surface area contributed by atoms with Crippen LogP contribution in [0.25, 0.3) is 0 Å². The van der Waals surface area contributed by atoms with Crippen molar-refractivity contribution in [3.8, 4) is 0 Å². The van der Waals surface area contributed by atoms with Crippen LogP contribution in [-0.4, -0.2) is 18.9 Å². The van der Waals surface area contributed by atoms with E-state index >= 15 is 0 Å². The molecule has 1 aliphatic rings.